The van der Waals surface area contributed by atoms with E-state index in [2.05, 4.69) is 4.98 Å². The zero-order chi connectivity index (χ0) is 36.4. The van der Waals surface area contributed by atoms with Crippen LogP contribution in [0, 0.1) is 11.3 Å². The third kappa shape index (κ3) is 7.15. The lowest BCUT2D eigenvalue weighted by Crippen LogP contribution is -2.53. The molecular weight excluding hydrogens is 696 g/mol. The van der Waals surface area contributed by atoms with E-state index >= 15 is 0 Å². The summed E-state index contributed by atoms with van der Waals surface area (Å²) in [5.74, 6) is -0.622. The minimum absolute atomic E-state index is 0.000181. The molecule has 1 saturated heterocycles. The van der Waals surface area contributed by atoms with Crippen LogP contribution in [-0.2, 0) is 27.7 Å². The number of rotatable bonds is 7. The van der Waals surface area contributed by atoms with Gasteiger partial charge < -0.3 is 24.6 Å². The summed E-state index contributed by atoms with van der Waals surface area (Å²) < 4.78 is 45.9. The van der Waals surface area contributed by atoms with Gasteiger partial charge in [0, 0.05) is 59.0 Å². The van der Waals surface area contributed by atoms with Crippen molar-refractivity contribution in [2.75, 3.05) is 26.7 Å². The average molecular weight is 728 g/mol. The Morgan fingerprint density at radius 2 is 1.72 bits per heavy atom. The van der Waals surface area contributed by atoms with Crippen LogP contribution in [0.4, 0.5) is 18.0 Å². The summed E-state index contributed by atoms with van der Waals surface area (Å²) in [4.78, 5) is 45.3. The van der Waals surface area contributed by atoms with Gasteiger partial charge in [-0.15, -0.1) is 0 Å². The molecule has 5 rings (SSSR count). The molecule has 0 aliphatic carbocycles. The molecule has 1 aliphatic heterocycles. The van der Waals surface area contributed by atoms with Crippen molar-refractivity contribution in [2.45, 2.75) is 37.9 Å². The molecular formula is C36H31Cl2F3N4O5. The molecule has 1 aliphatic rings. The highest BCUT2D eigenvalue weighted by molar-refractivity contribution is 6.33. The zero-order valence-electron chi connectivity index (χ0n) is 26.9. The molecule has 0 unspecified atom stereocenters. The van der Waals surface area contributed by atoms with E-state index in [0.717, 1.165) is 23.8 Å². The fourth-order valence-electron chi connectivity index (χ4n) is 6.28. The largest absolute Gasteiger partial charge is 0.507 e. The first-order chi connectivity index (χ1) is 23.7. The number of nitrogens with one attached hydrogen (secondary N) is 1. The molecule has 0 radical (unpaired) electrons. The number of phenolic OH excluding ortho intramolecular Hbond substituents is 1. The molecule has 260 valence electrons. The Labute approximate surface area is 295 Å². The third-order valence-corrected chi connectivity index (χ3v) is 9.35. The van der Waals surface area contributed by atoms with Crippen LogP contribution in [-0.4, -0.2) is 58.6 Å². The van der Waals surface area contributed by atoms with Crippen molar-refractivity contribution in [3.05, 3.63) is 109 Å². The van der Waals surface area contributed by atoms with Gasteiger partial charge in [0.2, 0.25) is 5.91 Å². The number of halogens is 5. The highest BCUT2D eigenvalue weighted by Gasteiger charge is 2.45. The topological polar surface area (TPSA) is 127 Å². The molecule has 2 heterocycles. The molecule has 0 saturated carbocycles. The molecule has 0 atom stereocenters. The van der Waals surface area contributed by atoms with Gasteiger partial charge in [0.05, 0.1) is 23.3 Å². The van der Waals surface area contributed by atoms with Gasteiger partial charge in [-0.25, -0.2) is 4.79 Å². The summed E-state index contributed by atoms with van der Waals surface area (Å²) in [6, 6.07) is 17.5. The van der Waals surface area contributed by atoms with Crippen LogP contribution >= 0.6 is 23.2 Å². The fraction of sp³-hybridized carbons (Fsp3) is 0.278. The van der Waals surface area contributed by atoms with E-state index in [1.807, 2.05) is 30.3 Å². The summed E-state index contributed by atoms with van der Waals surface area (Å²) in [5.41, 5.74) is -2.92. The number of piperidine rings is 1. The fourth-order valence-corrected chi connectivity index (χ4v) is 6.74. The number of hydrogen-bond donors (Lipinski definition) is 2. The van der Waals surface area contributed by atoms with Crippen molar-refractivity contribution in [3.8, 4) is 34.2 Å². The Balaban J connectivity index is 1.52. The highest BCUT2D eigenvalue weighted by atomic mass is 35.5. The maximum atomic E-state index is 14.3. The molecule has 1 aromatic heterocycles. The molecule has 9 nitrogen and oxygen atoms in total. The Kier molecular flexibility index (Phi) is 10.5. The second-order valence-electron chi connectivity index (χ2n) is 11.9. The first-order valence-corrected chi connectivity index (χ1v) is 16.2. The minimum atomic E-state index is -4.73. The predicted molar refractivity (Wildman–Crippen MR) is 182 cm³/mol. The van der Waals surface area contributed by atoms with Crippen LogP contribution in [0.3, 0.4) is 0 Å². The molecule has 50 heavy (non-hydrogen) atoms. The minimum Gasteiger partial charge on any atom is -0.507 e. The van der Waals surface area contributed by atoms with Crippen LogP contribution < -0.4 is 5.56 Å². The third-order valence-electron chi connectivity index (χ3n) is 8.81. The number of carbonyl (C=O) groups excluding carboxylic acids is 2. The van der Waals surface area contributed by atoms with Gasteiger partial charge in [-0.1, -0.05) is 53.5 Å². The summed E-state index contributed by atoms with van der Waals surface area (Å²) in [7, 11) is 1.57. The number of amides is 2. The molecule has 2 N–H and O–H groups in total. The standard InChI is InChI=1S/C36H31Cl2F3N4O5/c1-3-50-34(49)45-13-11-35(12-14-45,22-7-5-4-6-8-22)33(48)44(2)20-21-15-24(37)17-27(31(21)46)30-18-25(28(19-42)32(47)43-30)26-16-23(36(39,40)41)9-10-29(26)38/h4-10,15-18,46H,3,11-14,20H2,1-2H3,(H,43,47). The molecule has 0 bridgehead atoms. The van der Waals surface area contributed by atoms with Crippen molar-refractivity contribution < 1.29 is 32.6 Å². The lowest BCUT2D eigenvalue weighted by Gasteiger charge is -2.42. The molecule has 3 aromatic carbocycles. The van der Waals surface area contributed by atoms with Crippen molar-refractivity contribution in [1.29, 1.82) is 5.26 Å². The van der Waals surface area contributed by atoms with Crippen molar-refractivity contribution in [2.24, 2.45) is 0 Å². The van der Waals surface area contributed by atoms with Gasteiger partial charge in [-0.2, -0.15) is 18.4 Å². The number of nitriles is 1. The molecule has 14 heteroatoms. The number of likely N-dealkylation sites (N-methyl/N-ethyl adjacent to an activating group) is 1. The number of ether oxygens (including phenoxy) is 1. The maximum absolute atomic E-state index is 14.3. The number of benzene rings is 3. The molecule has 2 amide bonds. The average Bonchev–Trinajstić information content (AvgIpc) is 3.09. The number of likely N-dealkylation sites (tertiary alicyclic amines) is 1. The number of aromatic nitrogens is 1. The SMILES string of the molecule is CCOC(=O)N1CCC(C(=O)N(C)Cc2cc(Cl)cc(-c3cc(-c4cc(C(F)(F)F)ccc4Cl)c(C#N)c(=O)[nH]3)c2O)(c2ccccc2)CC1. The number of hydrogen-bond acceptors (Lipinski definition) is 6. The number of phenols is 1. The number of alkyl halides is 3. The van der Waals surface area contributed by atoms with Crippen LogP contribution in [0.2, 0.25) is 10.0 Å². The van der Waals surface area contributed by atoms with Gasteiger partial charge in [0.15, 0.2) is 0 Å². The Bertz CT molecular complexity index is 2040. The summed E-state index contributed by atoms with van der Waals surface area (Å²) in [6.45, 7) is 2.38. The maximum Gasteiger partial charge on any atom is 0.416 e. The first-order valence-electron chi connectivity index (χ1n) is 15.5. The monoisotopic (exact) mass is 726 g/mol. The van der Waals surface area contributed by atoms with Crippen LogP contribution in [0.25, 0.3) is 22.4 Å². The second-order valence-corrected chi connectivity index (χ2v) is 12.7. The van der Waals surface area contributed by atoms with E-state index in [4.69, 9.17) is 27.9 Å². The quantitative estimate of drug-likeness (QED) is 0.201. The van der Waals surface area contributed by atoms with E-state index < -0.39 is 34.4 Å². The predicted octanol–water partition coefficient (Wildman–Crippen LogP) is 7.76. The number of nitrogens with zero attached hydrogens (tertiary/aromatic N) is 3. The van der Waals surface area contributed by atoms with Gasteiger partial charge in [0.1, 0.15) is 17.4 Å². The van der Waals surface area contributed by atoms with Crippen molar-refractivity contribution in [3.63, 3.8) is 0 Å². The van der Waals surface area contributed by atoms with Crippen LogP contribution in [0.5, 0.6) is 5.75 Å². The van der Waals surface area contributed by atoms with Crippen LogP contribution in [0.15, 0.2) is 71.5 Å². The number of aromatic hydroxyl groups is 1. The molecule has 1 fully saturated rings. The van der Waals surface area contributed by atoms with E-state index in [9.17, 15) is 37.9 Å². The van der Waals surface area contributed by atoms with Crippen LogP contribution in [0.1, 0.15) is 42.0 Å². The number of carbonyl (C=O) groups is 2. The van der Waals surface area contributed by atoms with E-state index in [0.29, 0.717) is 12.8 Å². The number of pyridine rings is 1. The van der Waals surface area contributed by atoms with Gasteiger partial charge >= 0.3 is 12.3 Å². The van der Waals surface area contributed by atoms with E-state index in [1.54, 1.807) is 24.9 Å². The lowest BCUT2D eigenvalue weighted by atomic mass is 9.71. The van der Waals surface area contributed by atoms with E-state index in [-0.39, 0.29) is 75.9 Å². The van der Waals surface area contributed by atoms with E-state index in [1.165, 1.54) is 23.1 Å². The van der Waals surface area contributed by atoms with Gasteiger partial charge in [0.25, 0.3) is 5.56 Å². The Morgan fingerprint density at radius 3 is 2.34 bits per heavy atom. The molecule has 0 spiro atoms. The Hall–Kier alpha value is -4.99. The molecule has 4 aromatic rings. The summed E-state index contributed by atoms with van der Waals surface area (Å²) in [6.07, 6.45) is -4.54. The van der Waals surface area contributed by atoms with Gasteiger partial charge in [-0.3, -0.25) is 9.59 Å². The zero-order valence-corrected chi connectivity index (χ0v) is 28.4. The second kappa shape index (κ2) is 14.5. The highest BCUT2D eigenvalue weighted by Crippen LogP contribution is 2.41. The Morgan fingerprint density at radius 1 is 1.04 bits per heavy atom. The smallest absolute Gasteiger partial charge is 0.416 e. The van der Waals surface area contributed by atoms with Crippen molar-refractivity contribution in [1.82, 2.24) is 14.8 Å². The van der Waals surface area contributed by atoms with Crippen molar-refractivity contribution >= 4 is 35.2 Å². The number of H-pyrrole nitrogens is 1. The lowest BCUT2D eigenvalue weighted by molar-refractivity contribution is -0.139. The number of aromatic amines is 1. The summed E-state index contributed by atoms with van der Waals surface area (Å²) >= 11 is 12.7. The first kappa shape index (κ1) is 36.3. The normalized spacial score (nSPS) is 14.2. The summed E-state index contributed by atoms with van der Waals surface area (Å²) in [5, 5.41) is 21.2. The van der Waals surface area contributed by atoms with Gasteiger partial charge in [-0.05, 0) is 61.7 Å².